The van der Waals surface area contributed by atoms with E-state index >= 15 is 0 Å². The first-order valence-electron chi connectivity index (χ1n) is 6.20. The number of nitrogens with zero attached hydrogens (tertiary/aromatic N) is 2. The third-order valence-electron chi connectivity index (χ3n) is 3.20. The van der Waals surface area contributed by atoms with Crippen LogP contribution < -0.4 is 0 Å². The molecular weight excluding hydrogens is 302 g/mol. The predicted octanol–water partition coefficient (Wildman–Crippen LogP) is 3.59. The van der Waals surface area contributed by atoms with Crippen molar-refractivity contribution in [2.24, 2.45) is 0 Å². The molecule has 2 heterocycles. The number of hydrogen-bond acceptors (Lipinski definition) is 3. The molecule has 1 aromatic heterocycles. The summed E-state index contributed by atoms with van der Waals surface area (Å²) in [6.07, 6.45) is 0.961. The van der Waals surface area contributed by atoms with Crippen LogP contribution in [0.5, 0.6) is 0 Å². The fourth-order valence-electron chi connectivity index (χ4n) is 2.18. The van der Waals surface area contributed by atoms with E-state index in [1.165, 1.54) is 6.07 Å². The molecule has 2 aromatic rings. The molecule has 0 saturated carbocycles. The quantitative estimate of drug-likeness (QED) is 0.795. The Balaban J connectivity index is 1.95. The first-order valence-corrected chi connectivity index (χ1v) is 6.95. The van der Waals surface area contributed by atoms with Crippen molar-refractivity contribution in [3.8, 4) is 0 Å². The topological polar surface area (TPSA) is 35.0 Å². The predicted molar refractivity (Wildman–Crippen MR) is 74.6 cm³/mol. The lowest BCUT2D eigenvalue weighted by Gasteiger charge is -2.17. The molecule has 1 aromatic carbocycles. The highest BCUT2D eigenvalue weighted by atomic mass is 35.5. The van der Waals surface area contributed by atoms with Crippen molar-refractivity contribution in [2.45, 2.75) is 19.4 Å². The van der Waals surface area contributed by atoms with Gasteiger partial charge >= 0.3 is 0 Å². The molecule has 0 aliphatic carbocycles. The van der Waals surface area contributed by atoms with Gasteiger partial charge < -0.3 is 4.74 Å². The Morgan fingerprint density at radius 1 is 1.25 bits per heavy atom. The van der Waals surface area contributed by atoms with Crippen LogP contribution in [0.4, 0.5) is 4.39 Å². The molecule has 104 valence electrons. The molecule has 0 amide bonds. The first kappa shape index (κ1) is 13.7. The van der Waals surface area contributed by atoms with Gasteiger partial charge in [0.05, 0.1) is 23.9 Å². The van der Waals surface area contributed by atoms with E-state index in [4.69, 9.17) is 27.9 Å². The molecule has 0 spiro atoms. The number of rotatable bonds is 2. The van der Waals surface area contributed by atoms with Crippen molar-refractivity contribution < 1.29 is 9.13 Å². The zero-order chi connectivity index (χ0) is 14.1. The SMILES string of the molecule is Fc1c(Cl)cccc1Cc1nc(Cl)c2c(n1)CCOC2. The summed E-state index contributed by atoms with van der Waals surface area (Å²) >= 11 is 11.9. The van der Waals surface area contributed by atoms with Crippen LogP contribution >= 0.6 is 23.2 Å². The standard InChI is InChI=1S/C14H11Cl2FN2O/c15-10-3-1-2-8(13(10)17)6-12-18-11-4-5-20-7-9(11)14(16)19-12/h1-3H,4-7H2. The lowest BCUT2D eigenvalue weighted by atomic mass is 10.1. The highest BCUT2D eigenvalue weighted by molar-refractivity contribution is 6.30. The van der Waals surface area contributed by atoms with Gasteiger partial charge in [0.15, 0.2) is 0 Å². The van der Waals surface area contributed by atoms with Crippen molar-refractivity contribution in [3.05, 3.63) is 56.8 Å². The van der Waals surface area contributed by atoms with Gasteiger partial charge in [0, 0.05) is 18.4 Å². The summed E-state index contributed by atoms with van der Waals surface area (Å²) in [7, 11) is 0. The van der Waals surface area contributed by atoms with Crippen LogP contribution in [0, 0.1) is 5.82 Å². The number of fused-ring (bicyclic) bond motifs is 1. The van der Waals surface area contributed by atoms with Crippen molar-refractivity contribution >= 4 is 23.2 Å². The maximum Gasteiger partial charge on any atom is 0.145 e. The van der Waals surface area contributed by atoms with Gasteiger partial charge in [-0.2, -0.15) is 0 Å². The van der Waals surface area contributed by atoms with Crippen molar-refractivity contribution in [1.82, 2.24) is 9.97 Å². The van der Waals surface area contributed by atoms with Crippen molar-refractivity contribution in [2.75, 3.05) is 6.61 Å². The normalized spacial score (nSPS) is 14.2. The maximum atomic E-state index is 13.9. The molecule has 1 aliphatic rings. The highest BCUT2D eigenvalue weighted by Gasteiger charge is 2.18. The Labute approximate surface area is 125 Å². The average Bonchev–Trinajstić information content (AvgIpc) is 2.44. The third kappa shape index (κ3) is 2.64. The Morgan fingerprint density at radius 2 is 2.10 bits per heavy atom. The zero-order valence-electron chi connectivity index (χ0n) is 10.5. The van der Waals surface area contributed by atoms with E-state index in [2.05, 4.69) is 9.97 Å². The molecule has 3 nitrogen and oxygen atoms in total. The number of aromatic nitrogens is 2. The molecular formula is C14H11Cl2FN2O. The summed E-state index contributed by atoms with van der Waals surface area (Å²) in [5.74, 6) is 0.0618. The summed E-state index contributed by atoms with van der Waals surface area (Å²) in [4.78, 5) is 8.67. The molecule has 1 aliphatic heterocycles. The minimum absolute atomic E-state index is 0.0972. The van der Waals surface area contributed by atoms with Gasteiger partial charge in [0.1, 0.15) is 16.8 Å². The fourth-order valence-corrected chi connectivity index (χ4v) is 2.63. The van der Waals surface area contributed by atoms with Gasteiger partial charge in [-0.25, -0.2) is 14.4 Å². The van der Waals surface area contributed by atoms with Crippen LogP contribution in [0.25, 0.3) is 0 Å². The summed E-state index contributed by atoms with van der Waals surface area (Å²) in [5, 5.41) is 0.479. The fraction of sp³-hybridized carbons (Fsp3) is 0.286. The van der Waals surface area contributed by atoms with E-state index < -0.39 is 5.82 Å². The number of ether oxygens (including phenoxy) is 1. The molecule has 20 heavy (non-hydrogen) atoms. The monoisotopic (exact) mass is 312 g/mol. The Bertz CT molecular complexity index is 664. The number of benzene rings is 1. The van der Waals surface area contributed by atoms with Gasteiger partial charge in [-0.3, -0.25) is 0 Å². The summed E-state index contributed by atoms with van der Waals surface area (Å²) < 4.78 is 19.2. The van der Waals surface area contributed by atoms with Gasteiger partial charge in [0.2, 0.25) is 0 Å². The van der Waals surface area contributed by atoms with Crippen LogP contribution in [0.15, 0.2) is 18.2 Å². The Hall–Kier alpha value is -1.23. The van der Waals surface area contributed by atoms with E-state index in [1.54, 1.807) is 12.1 Å². The maximum absolute atomic E-state index is 13.9. The Morgan fingerprint density at radius 3 is 2.95 bits per heavy atom. The van der Waals surface area contributed by atoms with Gasteiger partial charge in [-0.15, -0.1) is 0 Å². The molecule has 0 bridgehead atoms. The molecule has 0 atom stereocenters. The van der Waals surface area contributed by atoms with Crippen LogP contribution in [-0.4, -0.2) is 16.6 Å². The Kier molecular flexibility index (Phi) is 3.87. The van der Waals surface area contributed by atoms with Crippen LogP contribution in [0.2, 0.25) is 10.2 Å². The zero-order valence-corrected chi connectivity index (χ0v) is 12.0. The molecule has 0 saturated heterocycles. The minimum Gasteiger partial charge on any atom is -0.376 e. The van der Waals surface area contributed by atoms with Gasteiger partial charge in [-0.05, 0) is 11.6 Å². The third-order valence-corrected chi connectivity index (χ3v) is 3.80. The van der Waals surface area contributed by atoms with E-state index in [0.717, 1.165) is 11.3 Å². The van der Waals surface area contributed by atoms with Crippen LogP contribution in [0.1, 0.15) is 22.6 Å². The first-order chi connectivity index (χ1) is 9.65. The van der Waals surface area contributed by atoms with E-state index in [0.29, 0.717) is 36.2 Å². The smallest absolute Gasteiger partial charge is 0.145 e. The van der Waals surface area contributed by atoms with Gasteiger partial charge in [0.25, 0.3) is 0 Å². The number of halogens is 3. The second kappa shape index (κ2) is 5.64. The highest BCUT2D eigenvalue weighted by Crippen LogP contribution is 2.24. The summed E-state index contributed by atoms with van der Waals surface area (Å²) in [6.45, 7) is 1.05. The second-order valence-corrected chi connectivity index (χ2v) is 5.31. The molecule has 0 fully saturated rings. The molecule has 0 unspecified atom stereocenters. The summed E-state index contributed by atoms with van der Waals surface area (Å²) in [6, 6.07) is 4.88. The van der Waals surface area contributed by atoms with Crippen LogP contribution in [0.3, 0.4) is 0 Å². The van der Waals surface area contributed by atoms with E-state index in [-0.39, 0.29) is 11.4 Å². The van der Waals surface area contributed by atoms with Gasteiger partial charge in [-0.1, -0.05) is 35.3 Å². The molecule has 0 radical (unpaired) electrons. The largest absolute Gasteiger partial charge is 0.376 e. The second-order valence-electron chi connectivity index (χ2n) is 4.55. The number of hydrogen-bond donors (Lipinski definition) is 0. The van der Waals surface area contributed by atoms with Crippen LogP contribution in [-0.2, 0) is 24.2 Å². The molecule has 6 heteroatoms. The van der Waals surface area contributed by atoms with E-state index in [9.17, 15) is 4.39 Å². The molecule has 3 rings (SSSR count). The molecule has 0 N–H and O–H groups in total. The lowest BCUT2D eigenvalue weighted by Crippen LogP contribution is -2.15. The average molecular weight is 313 g/mol. The lowest BCUT2D eigenvalue weighted by molar-refractivity contribution is 0.109. The minimum atomic E-state index is -0.435. The van der Waals surface area contributed by atoms with Crippen molar-refractivity contribution in [3.63, 3.8) is 0 Å². The van der Waals surface area contributed by atoms with Crippen molar-refractivity contribution in [1.29, 1.82) is 0 Å². The van der Waals surface area contributed by atoms with E-state index in [1.807, 2.05) is 0 Å². The summed E-state index contributed by atoms with van der Waals surface area (Å²) in [5.41, 5.74) is 2.17.